The summed E-state index contributed by atoms with van der Waals surface area (Å²) in [6.07, 6.45) is 11.2. The van der Waals surface area contributed by atoms with Crippen molar-refractivity contribution in [1.82, 2.24) is 15.2 Å². The molecule has 7 nitrogen and oxygen atoms in total. The molecule has 3 amide bonds. The monoisotopic (exact) mass is 452 g/mol. The Morgan fingerprint density at radius 2 is 1.85 bits per heavy atom. The van der Waals surface area contributed by atoms with Crippen molar-refractivity contribution in [2.45, 2.75) is 51.9 Å². The molecule has 2 heterocycles. The number of hydrogen-bond donors (Lipinski definition) is 2. The summed E-state index contributed by atoms with van der Waals surface area (Å²) < 4.78 is 5.42. The number of urea groups is 1. The zero-order valence-corrected chi connectivity index (χ0v) is 19.8. The van der Waals surface area contributed by atoms with Crippen molar-refractivity contribution in [1.29, 1.82) is 0 Å². The van der Waals surface area contributed by atoms with Crippen LogP contribution in [-0.4, -0.2) is 48.6 Å². The Morgan fingerprint density at radius 1 is 1.09 bits per heavy atom. The van der Waals surface area contributed by atoms with Crippen LogP contribution in [0.25, 0.3) is 0 Å². The largest absolute Gasteiger partial charge is 0.496 e. The van der Waals surface area contributed by atoms with Gasteiger partial charge in [-0.05, 0) is 55.9 Å². The maximum Gasteiger partial charge on any atom is 0.319 e. The van der Waals surface area contributed by atoms with Crippen LogP contribution in [0.5, 0.6) is 5.75 Å². The lowest BCUT2D eigenvalue weighted by molar-refractivity contribution is 0.0782. The highest BCUT2D eigenvalue weighted by atomic mass is 16.5. The minimum atomic E-state index is -0.176. The number of nitrogens with one attached hydrogen (secondary N) is 2. The van der Waals surface area contributed by atoms with Gasteiger partial charge in [-0.1, -0.05) is 37.8 Å². The number of methoxy groups -OCH3 is 1. The Kier molecular flexibility index (Phi) is 9.54. The van der Waals surface area contributed by atoms with E-state index < -0.39 is 0 Å². The number of carbonyl (C=O) groups excluding carboxylic acids is 2. The second kappa shape index (κ2) is 12.8. The van der Waals surface area contributed by atoms with E-state index in [1.165, 1.54) is 25.7 Å². The van der Waals surface area contributed by atoms with Crippen LogP contribution in [0, 0.1) is 12.8 Å². The summed E-state index contributed by atoms with van der Waals surface area (Å²) in [6.45, 7) is 4.31. The first-order chi connectivity index (χ1) is 16.1. The van der Waals surface area contributed by atoms with Crippen LogP contribution >= 0.6 is 0 Å². The number of hydrogen-bond acceptors (Lipinski definition) is 4. The van der Waals surface area contributed by atoms with Gasteiger partial charge in [-0.2, -0.15) is 0 Å². The van der Waals surface area contributed by atoms with Gasteiger partial charge in [0.15, 0.2) is 0 Å². The number of pyridine rings is 1. The van der Waals surface area contributed by atoms with Gasteiger partial charge in [0.2, 0.25) is 0 Å². The molecule has 1 atom stereocenters. The summed E-state index contributed by atoms with van der Waals surface area (Å²) in [6, 6.07) is 9.09. The second-order valence-corrected chi connectivity index (χ2v) is 8.73. The van der Waals surface area contributed by atoms with Gasteiger partial charge in [-0.3, -0.25) is 9.78 Å². The van der Waals surface area contributed by atoms with E-state index in [-0.39, 0.29) is 11.9 Å². The van der Waals surface area contributed by atoms with Crippen LogP contribution in [0.15, 0.2) is 42.7 Å². The standard InChI is InChI=1S/C26H36N4O3/c1-20-9-8-11-23(33-2)24(20)25(31)30-18-14-21(19-30)10-6-4-3-5-7-15-28-26(32)29-22-12-16-27-17-13-22/h8-9,11-13,16-17,21H,3-7,10,14-15,18-19H2,1-2H3,(H2,27,28,29,32). The van der Waals surface area contributed by atoms with Crippen molar-refractivity contribution in [3.8, 4) is 5.75 Å². The zero-order valence-electron chi connectivity index (χ0n) is 19.8. The van der Waals surface area contributed by atoms with E-state index in [2.05, 4.69) is 15.6 Å². The molecule has 0 bridgehead atoms. The third kappa shape index (κ3) is 7.48. The van der Waals surface area contributed by atoms with Crippen LogP contribution in [0.1, 0.15) is 60.9 Å². The number of carbonyl (C=O) groups is 2. The summed E-state index contributed by atoms with van der Waals surface area (Å²) in [5, 5.41) is 5.68. The van der Waals surface area contributed by atoms with Gasteiger partial charge >= 0.3 is 6.03 Å². The summed E-state index contributed by atoms with van der Waals surface area (Å²) in [7, 11) is 1.62. The average Bonchev–Trinajstić information content (AvgIpc) is 3.30. The Bertz CT molecular complexity index is 904. The number of ether oxygens (including phenoxy) is 1. The molecule has 1 fully saturated rings. The van der Waals surface area contributed by atoms with Crippen LogP contribution in [0.2, 0.25) is 0 Å². The lowest BCUT2D eigenvalue weighted by atomic mass is 10.00. The topological polar surface area (TPSA) is 83.6 Å². The van der Waals surface area contributed by atoms with Crippen molar-refractivity contribution < 1.29 is 14.3 Å². The van der Waals surface area contributed by atoms with E-state index in [9.17, 15) is 9.59 Å². The quantitative estimate of drug-likeness (QED) is 0.469. The predicted molar refractivity (Wildman–Crippen MR) is 131 cm³/mol. The molecule has 7 heteroatoms. The van der Waals surface area contributed by atoms with Crippen molar-refractivity contribution in [2.24, 2.45) is 5.92 Å². The lowest BCUT2D eigenvalue weighted by Crippen LogP contribution is -2.29. The Balaban J connectivity index is 1.25. The van der Waals surface area contributed by atoms with Gasteiger partial charge in [0.25, 0.3) is 5.91 Å². The number of rotatable bonds is 11. The van der Waals surface area contributed by atoms with Crippen molar-refractivity contribution in [2.75, 3.05) is 32.1 Å². The van der Waals surface area contributed by atoms with Crippen LogP contribution in [0.4, 0.5) is 10.5 Å². The number of likely N-dealkylation sites (tertiary alicyclic amines) is 1. The van der Waals surface area contributed by atoms with E-state index in [4.69, 9.17) is 4.74 Å². The number of anilines is 1. The van der Waals surface area contributed by atoms with E-state index in [1.807, 2.05) is 30.0 Å². The van der Waals surface area contributed by atoms with Gasteiger partial charge in [0.1, 0.15) is 5.75 Å². The first-order valence-corrected chi connectivity index (χ1v) is 12.0. The number of unbranched alkanes of at least 4 members (excludes halogenated alkanes) is 4. The summed E-state index contributed by atoms with van der Waals surface area (Å²) in [5.41, 5.74) is 2.41. The Labute approximate surface area is 196 Å². The zero-order chi connectivity index (χ0) is 23.5. The fraction of sp³-hybridized carbons (Fsp3) is 0.500. The minimum absolute atomic E-state index is 0.0907. The van der Waals surface area contributed by atoms with Gasteiger partial charge < -0.3 is 20.3 Å². The number of aryl methyl sites for hydroxylation is 1. The molecule has 0 spiro atoms. The predicted octanol–water partition coefficient (Wildman–Crippen LogP) is 5.02. The molecule has 3 rings (SSSR count). The second-order valence-electron chi connectivity index (χ2n) is 8.73. The highest BCUT2D eigenvalue weighted by Crippen LogP contribution is 2.28. The van der Waals surface area contributed by atoms with Gasteiger partial charge in [0, 0.05) is 37.7 Å². The summed E-state index contributed by atoms with van der Waals surface area (Å²) in [5.74, 6) is 1.34. The van der Waals surface area contributed by atoms with Crippen LogP contribution in [-0.2, 0) is 0 Å². The molecule has 2 aromatic rings. The number of aromatic nitrogens is 1. The maximum absolute atomic E-state index is 13.0. The number of benzene rings is 1. The van der Waals surface area contributed by atoms with E-state index >= 15 is 0 Å². The SMILES string of the molecule is COc1cccc(C)c1C(=O)N1CCC(CCCCCCCNC(=O)Nc2ccncc2)C1. The molecule has 1 saturated heterocycles. The molecular formula is C26H36N4O3. The molecule has 2 N–H and O–H groups in total. The molecule has 178 valence electrons. The highest BCUT2D eigenvalue weighted by molar-refractivity contribution is 5.98. The van der Waals surface area contributed by atoms with Crippen molar-refractivity contribution in [3.05, 3.63) is 53.9 Å². The Hall–Kier alpha value is -3.09. The maximum atomic E-state index is 13.0. The molecule has 0 radical (unpaired) electrons. The fourth-order valence-electron chi connectivity index (χ4n) is 4.40. The molecule has 0 aliphatic carbocycles. The first-order valence-electron chi connectivity index (χ1n) is 12.0. The van der Waals surface area contributed by atoms with Gasteiger partial charge in [-0.25, -0.2) is 4.79 Å². The van der Waals surface area contributed by atoms with Crippen LogP contribution in [0.3, 0.4) is 0 Å². The average molecular weight is 453 g/mol. The molecular weight excluding hydrogens is 416 g/mol. The third-order valence-corrected chi connectivity index (χ3v) is 6.25. The smallest absolute Gasteiger partial charge is 0.319 e. The normalized spacial score (nSPS) is 15.3. The molecule has 1 aliphatic rings. The fourth-order valence-corrected chi connectivity index (χ4v) is 4.40. The third-order valence-electron chi connectivity index (χ3n) is 6.25. The highest BCUT2D eigenvalue weighted by Gasteiger charge is 2.28. The molecule has 33 heavy (non-hydrogen) atoms. The van der Waals surface area contributed by atoms with Crippen LogP contribution < -0.4 is 15.4 Å². The minimum Gasteiger partial charge on any atom is -0.496 e. The number of nitrogens with zero attached hydrogens (tertiary/aromatic N) is 2. The van der Waals surface area contributed by atoms with Crippen molar-refractivity contribution in [3.63, 3.8) is 0 Å². The molecule has 1 aromatic heterocycles. The van der Waals surface area contributed by atoms with Gasteiger partial charge in [0.05, 0.1) is 12.7 Å². The first kappa shape index (κ1) is 24.6. The van der Waals surface area contributed by atoms with Gasteiger partial charge in [-0.15, -0.1) is 0 Å². The molecule has 1 unspecified atom stereocenters. The lowest BCUT2D eigenvalue weighted by Gasteiger charge is -2.19. The Morgan fingerprint density at radius 3 is 2.64 bits per heavy atom. The van der Waals surface area contributed by atoms with E-state index in [0.717, 1.165) is 43.6 Å². The molecule has 1 aliphatic heterocycles. The van der Waals surface area contributed by atoms with Crippen molar-refractivity contribution >= 4 is 17.6 Å². The van der Waals surface area contributed by atoms with E-state index in [1.54, 1.807) is 31.6 Å². The van der Waals surface area contributed by atoms with E-state index in [0.29, 0.717) is 23.8 Å². The summed E-state index contributed by atoms with van der Waals surface area (Å²) >= 11 is 0. The molecule has 0 saturated carbocycles. The molecule has 1 aromatic carbocycles. The summed E-state index contributed by atoms with van der Waals surface area (Å²) in [4.78, 5) is 30.8. The number of amides is 3.